The molecule has 0 aromatic carbocycles. The normalized spacial score (nSPS) is 10.8. The Morgan fingerprint density at radius 3 is 2.90 bits per heavy atom. The zero-order chi connectivity index (χ0) is 14.5. The van der Waals surface area contributed by atoms with Crippen LogP contribution in [0, 0.1) is 6.92 Å². The van der Waals surface area contributed by atoms with E-state index in [1.54, 1.807) is 10.9 Å². The van der Waals surface area contributed by atoms with Gasteiger partial charge in [-0.05, 0) is 13.0 Å². The zero-order valence-electron chi connectivity index (χ0n) is 11.1. The number of nitrogens with two attached hydrogens (primary N) is 1. The summed E-state index contributed by atoms with van der Waals surface area (Å²) in [6.07, 6.45) is 7.70. The molecule has 0 unspecified atom stereocenters. The van der Waals surface area contributed by atoms with E-state index in [4.69, 9.17) is 10.6 Å². The van der Waals surface area contributed by atoms with Crippen LogP contribution < -0.4 is 16.0 Å². The second kappa shape index (κ2) is 5.93. The molecule has 0 aliphatic carbocycles. The minimum atomic E-state index is -0.430. The lowest BCUT2D eigenvalue weighted by Gasteiger charge is -2.07. The van der Waals surface area contributed by atoms with Crippen molar-refractivity contribution >= 4 is 12.0 Å². The molecular formula is C12H14N6O2. The first-order valence-corrected chi connectivity index (χ1v) is 5.74. The number of hydrogen-bond donors (Lipinski definition) is 2. The van der Waals surface area contributed by atoms with Crippen LogP contribution in [0.2, 0.25) is 0 Å². The Labute approximate surface area is 115 Å². The zero-order valence-corrected chi connectivity index (χ0v) is 11.1. The summed E-state index contributed by atoms with van der Waals surface area (Å²) in [7, 11) is 1.50. The molecule has 0 atom stereocenters. The number of carbonyl (C=O) groups excluding carboxylic acids is 1. The molecule has 20 heavy (non-hydrogen) atoms. The number of imidazole rings is 1. The summed E-state index contributed by atoms with van der Waals surface area (Å²) in [6.45, 7) is 1.87. The van der Waals surface area contributed by atoms with Gasteiger partial charge in [-0.25, -0.2) is 20.8 Å². The second-order valence-corrected chi connectivity index (χ2v) is 3.89. The molecule has 8 nitrogen and oxygen atoms in total. The molecule has 2 aromatic rings. The largest absolute Gasteiger partial charge is 0.478 e. The van der Waals surface area contributed by atoms with Crippen LogP contribution in [0.5, 0.6) is 5.88 Å². The Bertz CT molecular complexity index is 649. The first-order valence-electron chi connectivity index (χ1n) is 5.74. The number of carbonyl (C=O) groups is 1. The van der Waals surface area contributed by atoms with Crippen molar-refractivity contribution in [2.24, 2.45) is 5.84 Å². The highest BCUT2D eigenvalue weighted by molar-refractivity contribution is 5.90. The van der Waals surface area contributed by atoms with Gasteiger partial charge in [-0.1, -0.05) is 0 Å². The highest BCUT2D eigenvalue weighted by Gasteiger charge is 2.09. The van der Waals surface area contributed by atoms with Crippen LogP contribution in [0.3, 0.4) is 0 Å². The number of aromatic nitrogens is 4. The van der Waals surface area contributed by atoms with E-state index in [1.165, 1.54) is 25.5 Å². The number of methoxy groups -OCH3 is 1. The highest BCUT2D eigenvalue weighted by Crippen LogP contribution is 2.18. The number of amides is 1. The smallest absolute Gasteiger partial charge is 0.258 e. The third kappa shape index (κ3) is 2.98. The molecule has 0 spiro atoms. The molecule has 0 bridgehead atoms. The van der Waals surface area contributed by atoms with Crippen LogP contribution in [0.15, 0.2) is 24.8 Å². The average molecular weight is 274 g/mol. The van der Waals surface area contributed by atoms with Crippen molar-refractivity contribution in [3.63, 3.8) is 0 Å². The summed E-state index contributed by atoms with van der Waals surface area (Å²) in [6, 6.07) is 0. The predicted molar refractivity (Wildman–Crippen MR) is 71.8 cm³/mol. The Morgan fingerprint density at radius 2 is 2.30 bits per heavy atom. The van der Waals surface area contributed by atoms with Crippen molar-refractivity contribution in [2.75, 3.05) is 7.11 Å². The van der Waals surface area contributed by atoms with Gasteiger partial charge in [0, 0.05) is 12.3 Å². The van der Waals surface area contributed by atoms with Crippen molar-refractivity contribution < 1.29 is 9.53 Å². The Morgan fingerprint density at radius 1 is 1.50 bits per heavy atom. The number of hydrazine groups is 1. The maximum Gasteiger partial charge on any atom is 0.258 e. The molecule has 0 radical (unpaired) electrons. The minimum absolute atomic E-state index is 0.331. The first-order chi connectivity index (χ1) is 9.63. The quantitative estimate of drug-likeness (QED) is 0.351. The van der Waals surface area contributed by atoms with E-state index < -0.39 is 5.91 Å². The Kier molecular flexibility index (Phi) is 4.06. The monoisotopic (exact) mass is 274 g/mol. The van der Waals surface area contributed by atoms with Crippen molar-refractivity contribution in [1.29, 1.82) is 0 Å². The molecule has 1 amide bonds. The number of nitrogens with zero attached hydrogens (tertiary/aromatic N) is 4. The number of aryl methyl sites for hydroxylation is 1. The fourth-order valence-corrected chi connectivity index (χ4v) is 1.52. The molecule has 3 N–H and O–H groups in total. The SMILES string of the molecule is COc1nc(/C=C/C(=O)NN)cnc1-n1cnc(C)c1. The molecule has 2 aromatic heterocycles. The van der Waals surface area contributed by atoms with Crippen molar-refractivity contribution in [3.8, 4) is 11.7 Å². The van der Waals surface area contributed by atoms with Gasteiger partial charge < -0.3 is 4.74 Å². The molecule has 8 heteroatoms. The summed E-state index contributed by atoms with van der Waals surface area (Å²) in [4.78, 5) is 23.6. The Hall–Kier alpha value is -2.74. The third-order valence-corrected chi connectivity index (χ3v) is 2.44. The summed E-state index contributed by atoms with van der Waals surface area (Å²) < 4.78 is 6.91. The second-order valence-electron chi connectivity index (χ2n) is 3.89. The molecule has 0 saturated carbocycles. The maximum atomic E-state index is 11.0. The minimum Gasteiger partial charge on any atom is -0.478 e. The van der Waals surface area contributed by atoms with Crippen molar-refractivity contribution in [1.82, 2.24) is 24.9 Å². The van der Waals surface area contributed by atoms with E-state index in [1.807, 2.05) is 18.5 Å². The summed E-state index contributed by atoms with van der Waals surface area (Å²) in [5.41, 5.74) is 3.32. The van der Waals surface area contributed by atoms with E-state index in [-0.39, 0.29) is 0 Å². The lowest BCUT2D eigenvalue weighted by molar-refractivity contribution is -0.116. The average Bonchev–Trinajstić information content (AvgIpc) is 2.90. The lowest BCUT2D eigenvalue weighted by Crippen LogP contribution is -2.27. The molecule has 2 rings (SSSR count). The standard InChI is InChI=1S/C12H14N6O2/c1-8-6-18(7-15-8)11-12(20-2)16-9(5-14-11)3-4-10(19)17-13/h3-7H,13H2,1-2H3,(H,17,19)/b4-3+. The van der Waals surface area contributed by atoms with Gasteiger partial charge in [-0.2, -0.15) is 0 Å². The number of nitrogens with one attached hydrogen (secondary N) is 1. The van der Waals surface area contributed by atoms with Gasteiger partial charge in [-0.3, -0.25) is 14.8 Å². The van der Waals surface area contributed by atoms with E-state index in [2.05, 4.69) is 15.0 Å². The third-order valence-electron chi connectivity index (χ3n) is 2.44. The summed E-state index contributed by atoms with van der Waals surface area (Å²) in [5, 5.41) is 0. The van der Waals surface area contributed by atoms with Gasteiger partial charge >= 0.3 is 0 Å². The van der Waals surface area contributed by atoms with Gasteiger partial charge in [-0.15, -0.1) is 0 Å². The number of rotatable bonds is 4. The number of ether oxygens (including phenoxy) is 1. The van der Waals surface area contributed by atoms with Crippen LogP contribution in [0.4, 0.5) is 0 Å². The van der Waals surface area contributed by atoms with Crippen molar-refractivity contribution in [3.05, 3.63) is 36.2 Å². The highest BCUT2D eigenvalue weighted by atomic mass is 16.5. The fourth-order valence-electron chi connectivity index (χ4n) is 1.52. The van der Waals surface area contributed by atoms with Gasteiger partial charge in [0.15, 0.2) is 0 Å². The predicted octanol–water partition coefficient (Wildman–Crippen LogP) is -0.0176. The fraction of sp³-hybridized carbons (Fsp3) is 0.167. The molecule has 0 fully saturated rings. The van der Waals surface area contributed by atoms with Gasteiger partial charge in [0.1, 0.15) is 6.33 Å². The van der Waals surface area contributed by atoms with Gasteiger partial charge in [0.05, 0.1) is 24.7 Å². The van der Waals surface area contributed by atoms with E-state index in [0.29, 0.717) is 17.4 Å². The lowest BCUT2D eigenvalue weighted by atomic mass is 10.4. The van der Waals surface area contributed by atoms with E-state index in [9.17, 15) is 4.79 Å². The van der Waals surface area contributed by atoms with E-state index >= 15 is 0 Å². The molecule has 104 valence electrons. The van der Waals surface area contributed by atoms with Crippen LogP contribution >= 0.6 is 0 Å². The van der Waals surface area contributed by atoms with Gasteiger partial charge in [0.25, 0.3) is 11.8 Å². The van der Waals surface area contributed by atoms with Crippen LogP contribution in [-0.2, 0) is 4.79 Å². The van der Waals surface area contributed by atoms with Crippen LogP contribution in [-0.4, -0.2) is 32.5 Å². The van der Waals surface area contributed by atoms with E-state index in [0.717, 1.165) is 5.69 Å². The number of hydrogen-bond acceptors (Lipinski definition) is 6. The molecular weight excluding hydrogens is 260 g/mol. The Balaban J connectivity index is 2.33. The molecule has 0 saturated heterocycles. The van der Waals surface area contributed by atoms with Gasteiger partial charge in [0.2, 0.25) is 5.82 Å². The van der Waals surface area contributed by atoms with Crippen LogP contribution in [0.25, 0.3) is 11.9 Å². The van der Waals surface area contributed by atoms with Crippen molar-refractivity contribution in [2.45, 2.75) is 6.92 Å². The molecule has 2 heterocycles. The first kappa shape index (κ1) is 13.7. The summed E-state index contributed by atoms with van der Waals surface area (Å²) in [5.74, 6) is 5.40. The van der Waals surface area contributed by atoms with Crippen LogP contribution in [0.1, 0.15) is 11.4 Å². The molecule has 0 aliphatic heterocycles. The maximum absolute atomic E-state index is 11.0. The molecule has 0 aliphatic rings. The summed E-state index contributed by atoms with van der Waals surface area (Å²) >= 11 is 0. The topological polar surface area (TPSA) is 108 Å².